The molecule has 0 aliphatic rings. The highest BCUT2D eigenvalue weighted by Crippen LogP contribution is 2.23. The first-order chi connectivity index (χ1) is 8.27. The summed E-state index contributed by atoms with van der Waals surface area (Å²) in [7, 11) is 0. The van der Waals surface area contributed by atoms with Gasteiger partial charge in [-0.1, -0.05) is 44.2 Å². The molecule has 0 aliphatic carbocycles. The molecule has 0 atom stereocenters. The molecule has 0 saturated heterocycles. The third-order valence-corrected chi connectivity index (χ3v) is 2.93. The molecule has 1 rings (SSSR count). The van der Waals surface area contributed by atoms with Gasteiger partial charge in [0, 0.05) is 10.6 Å². The van der Waals surface area contributed by atoms with Gasteiger partial charge in [-0.25, -0.2) is 0 Å². The first kappa shape index (κ1) is 14.3. The minimum atomic E-state index is -0.0360. The SMILES string of the molecule is CCCCCCCOc1ccc(Cl)cc1CO. The summed E-state index contributed by atoms with van der Waals surface area (Å²) < 4.78 is 5.64. The number of aliphatic hydroxyl groups is 1. The minimum Gasteiger partial charge on any atom is -0.493 e. The van der Waals surface area contributed by atoms with Gasteiger partial charge < -0.3 is 9.84 Å². The first-order valence-electron chi connectivity index (χ1n) is 6.30. The lowest BCUT2D eigenvalue weighted by Crippen LogP contribution is -2.00. The molecule has 2 nitrogen and oxygen atoms in total. The van der Waals surface area contributed by atoms with Crippen LogP contribution in [0.5, 0.6) is 5.75 Å². The van der Waals surface area contributed by atoms with Gasteiger partial charge in [-0.15, -0.1) is 0 Å². The van der Waals surface area contributed by atoms with E-state index in [0.29, 0.717) is 11.6 Å². The van der Waals surface area contributed by atoms with Crippen molar-refractivity contribution in [1.29, 1.82) is 0 Å². The van der Waals surface area contributed by atoms with E-state index in [9.17, 15) is 5.11 Å². The van der Waals surface area contributed by atoms with E-state index in [2.05, 4.69) is 6.92 Å². The molecular weight excluding hydrogens is 236 g/mol. The van der Waals surface area contributed by atoms with Crippen LogP contribution in [0.1, 0.15) is 44.6 Å². The van der Waals surface area contributed by atoms with Crippen molar-refractivity contribution in [3.8, 4) is 5.75 Å². The molecule has 0 bridgehead atoms. The van der Waals surface area contributed by atoms with Crippen molar-refractivity contribution in [2.75, 3.05) is 6.61 Å². The van der Waals surface area contributed by atoms with Gasteiger partial charge >= 0.3 is 0 Å². The van der Waals surface area contributed by atoms with Gasteiger partial charge in [0.2, 0.25) is 0 Å². The molecule has 0 spiro atoms. The monoisotopic (exact) mass is 256 g/mol. The quantitative estimate of drug-likeness (QED) is 0.707. The Balaban J connectivity index is 2.31. The predicted octanol–water partition coefficient (Wildman–Crippen LogP) is 4.18. The Labute approximate surface area is 109 Å². The summed E-state index contributed by atoms with van der Waals surface area (Å²) in [5.41, 5.74) is 0.756. The van der Waals surface area contributed by atoms with Crippen LogP contribution in [0.4, 0.5) is 0 Å². The molecule has 0 aliphatic heterocycles. The lowest BCUT2D eigenvalue weighted by molar-refractivity contribution is 0.260. The number of rotatable bonds is 8. The number of ether oxygens (including phenoxy) is 1. The Morgan fingerprint density at radius 3 is 2.65 bits per heavy atom. The Morgan fingerprint density at radius 2 is 1.94 bits per heavy atom. The Kier molecular flexibility index (Phi) is 7.06. The van der Waals surface area contributed by atoms with Crippen molar-refractivity contribution in [2.45, 2.75) is 45.6 Å². The molecule has 0 heterocycles. The molecule has 0 aromatic heterocycles. The molecule has 96 valence electrons. The van der Waals surface area contributed by atoms with Crippen LogP contribution < -0.4 is 4.74 Å². The minimum absolute atomic E-state index is 0.0360. The average molecular weight is 257 g/mol. The van der Waals surface area contributed by atoms with Crippen molar-refractivity contribution in [2.24, 2.45) is 0 Å². The van der Waals surface area contributed by atoms with E-state index in [1.807, 2.05) is 6.07 Å². The van der Waals surface area contributed by atoms with Crippen LogP contribution in [-0.2, 0) is 6.61 Å². The maximum Gasteiger partial charge on any atom is 0.124 e. The maximum atomic E-state index is 9.18. The molecule has 0 radical (unpaired) electrons. The fourth-order valence-corrected chi connectivity index (χ4v) is 1.89. The van der Waals surface area contributed by atoms with Gasteiger partial charge in [-0.05, 0) is 24.6 Å². The van der Waals surface area contributed by atoms with Gasteiger partial charge in [-0.2, -0.15) is 0 Å². The highest BCUT2D eigenvalue weighted by molar-refractivity contribution is 6.30. The van der Waals surface area contributed by atoms with Gasteiger partial charge in [0.05, 0.1) is 13.2 Å². The summed E-state index contributed by atoms with van der Waals surface area (Å²) in [5, 5.41) is 9.81. The second-order valence-corrected chi connectivity index (χ2v) is 4.61. The Bertz CT molecular complexity index is 326. The van der Waals surface area contributed by atoms with Crippen molar-refractivity contribution < 1.29 is 9.84 Å². The fourth-order valence-electron chi connectivity index (χ4n) is 1.70. The van der Waals surface area contributed by atoms with E-state index in [1.54, 1.807) is 12.1 Å². The molecule has 0 unspecified atom stereocenters. The van der Waals surface area contributed by atoms with Crippen LogP contribution in [0.2, 0.25) is 5.02 Å². The summed E-state index contributed by atoms with van der Waals surface area (Å²) >= 11 is 5.85. The maximum absolute atomic E-state index is 9.18. The van der Waals surface area contributed by atoms with E-state index < -0.39 is 0 Å². The zero-order chi connectivity index (χ0) is 12.5. The fraction of sp³-hybridized carbons (Fsp3) is 0.571. The van der Waals surface area contributed by atoms with Gasteiger partial charge in [0.1, 0.15) is 5.75 Å². The van der Waals surface area contributed by atoms with Crippen LogP contribution in [0.3, 0.4) is 0 Å². The number of unbranched alkanes of at least 4 members (excludes halogenated alkanes) is 4. The van der Waals surface area contributed by atoms with Crippen LogP contribution >= 0.6 is 11.6 Å². The molecule has 0 amide bonds. The zero-order valence-corrected chi connectivity index (χ0v) is 11.2. The van der Waals surface area contributed by atoms with Crippen molar-refractivity contribution in [3.63, 3.8) is 0 Å². The highest BCUT2D eigenvalue weighted by atomic mass is 35.5. The van der Waals surface area contributed by atoms with E-state index in [-0.39, 0.29) is 6.61 Å². The average Bonchev–Trinajstić information content (AvgIpc) is 2.35. The van der Waals surface area contributed by atoms with Gasteiger partial charge in [-0.3, -0.25) is 0 Å². The number of hydrogen-bond acceptors (Lipinski definition) is 2. The molecule has 1 aromatic carbocycles. The van der Waals surface area contributed by atoms with Crippen LogP contribution in [0.25, 0.3) is 0 Å². The Hall–Kier alpha value is -0.730. The summed E-state index contributed by atoms with van der Waals surface area (Å²) in [6, 6.07) is 5.35. The number of benzene rings is 1. The third kappa shape index (κ3) is 5.42. The van der Waals surface area contributed by atoms with E-state index in [1.165, 1.54) is 25.7 Å². The van der Waals surface area contributed by atoms with Crippen LogP contribution in [-0.4, -0.2) is 11.7 Å². The smallest absolute Gasteiger partial charge is 0.124 e. The number of halogens is 1. The topological polar surface area (TPSA) is 29.5 Å². The number of hydrogen-bond donors (Lipinski definition) is 1. The predicted molar refractivity (Wildman–Crippen MR) is 71.6 cm³/mol. The molecule has 1 aromatic rings. The zero-order valence-electron chi connectivity index (χ0n) is 10.4. The second kappa shape index (κ2) is 8.37. The Morgan fingerprint density at radius 1 is 1.18 bits per heavy atom. The van der Waals surface area contributed by atoms with Crippen LogP contribution in [0, 0.1) is 0 Å². The number of aliphatic hydroxyl groups excluding tert-OH is 1. The lowest BCUT2D eigenvalue weighted by atomic mass is 10.1. The van der Waals surface area contributed by atoms with Gasteiger partial charge in [0.25, 0.3) is 0 Å². The summed E-state index contributed by atoms with van der Waals surface area (Å²) in [4.78, 5) is 0. The molecular formula is C14H21ClO2. The van der Waals surface area contributed by atoms with Crippen molar-refractivity contribution in [3.05, 3.63) is 28.8 Å². The second-order valence-electron chi connectivity index (χ2n) is 4.17. The molecule has 0 fully saturated rings. The molecule has 17 heavy (non-hydrogen) atoms. The van der Waals surface area contributed by atoms with Crippen molar-refractivity contribution >= 4 is 11.6 Å². The van der Waals surface area contributed by atoms with Crippen LogP contribution in [0.15, 0.2) is 18.2 Å². The summed E-state index contributed by atoms with van der Waals surface area (Å²) in [5.74, 6) is 0.743. The normalized spacial score (nSPS) is 10.5. The lowest BCUT2D eigenvalue weighted by Gasteiger charge is -2.10. The van der Waals surface area contributed by atoms with Gasteiger partial charge in [0.15, 0.2) is 0 Å². The summed E-state index contributed by atoms with van der Waals surface area (Å²) in [6.07, 6.45) is 6.09. The van der Waals surface area contributed by atoms with E-state index in [4.69, 9.17) is 16.3 Å². The third-order valence-electron chi connectivity index (χ3n) is 2.70. The highest BCUT2D eigenvalue weighted by Gasteiger charge is 2.03. The van der Waals surface area contributed by atoms with Crippen molar-refractivity contribution in [1.82, 2.24) is 0 Å². The standard InChI is InChI=1S/C14H21ClO2/c1-2-3-4-5-6-9-17-14-8-7-13(15)10-12(14)11-16/h7-8,10,16H,2-6,9,11H2,1H3. The van der Waals surface area contributed by atoms with E-state index in [0.717, 1.165) is 17.7 Å². The molecule has 3 heteroatoms. The largest absolute Gasteiger partial charge is 0.493 e. The first-order valence-corrected chi connectivity index (χ1v) is 6.67. The molecule has 1 N–H and O–H groups in total. The molecule has 0 saturated carbocycles. The van der Waals surface area contributed by atoms with E-state index >= 15 is 0 Å². The summed E-state index contributed by atoms with van der Waals surface area (Å²) in [6.45, 7) is 2.88.